The maximum atomic E-state index is 11.1. The molecule has 80 valence electrons. The van der Waals surface area contributed by atoms with Crippen LogP contribution in [0.2, 0.25) is 0 Å². The Morgan fingerprint density at radius 3 is 2.14 bits per heavy atom. The Morgan fingerprint density at radius 2 is 1.79 bits per heavy atom. The molecule has 5 nitrogen and oxygen atoms in total. The highest BCUT2D eigenvalue weighted by Gasteiger charge is 2.58. The van der Waals surface area contributed by atoms with E-state index in [0.29, 0.717) is 19.4 Å². The molecule has 0 aliphatic carbocycles. The van der Waals surface area contributed by atoms with E-state index in [1.54, 1.807) is 0 Å². The van der Waals surface area contributed by atoms with Gasteiger partial charge in [0.05, 0.1) is 0 Å². The largest absolute Gasteiger partial charge is 0.481 e. The van der Waals surface area contributed by atoms with Gasteiger partial charge in [-0.2, -0.15) is 0 Å². The fourth-order valence-corrected chi connectivity index (χ4v) is 1.71. The lowest BCUT2D eigenvalue weighted by atomic mass is 9.69. The molecule has 0 amide bonds. The monoisotopic (exact) mass is 202 g/mol. The first-order valence-electron chi connectivity index (χ1n) is 4.45. The minimum absolute atomic E-state index is 0.297. The molecular weight excluding hydrogens is 188 g/mol. The molecule has 1 fully saturated rings. The van der Waals surface area contributed by atoms with E-state index in [-0.39, 0.29) is 0 Å². The summed E-state index contributed by atoms with van der Waals surface area (Å²) >= 11 is 0. The van der Waals surface area contributed by atoms with Crippen LogP contribution >= 0.6 is 0 Å². The molecule has 0 aromatic carbocycles. The third kappa shape index (κ3) is 1.28. The highest BCUT2D eigenvalue weighted by atomic mass is 16.5. The van der Waals surface area contributed by atoms with E-state index in [1.807, 2.05) is 0 Å². The molecule has 0 radical (unpaired) electrons. The van der Waals surface area contributed by atoms with Gasteiger partial charge in [-0.25, -0.2) is 4.79 Å². The maximum absolute atomic E-state index is 11.1. The molecule has 1 aliphatic rings. The molecule has 2 atom stereocenters. The van der Waals surface area contributed by atoms with Crippen molar-refractivity contribution in [2.45, 2.75) is 32.3 Å². The summed E-state index contributed by atoms with van der Waals surface area (Å²) in [5.74, 6) is -2.34. The molecule has 1 rings (SSSR count). The fourth-order valence-electron chi connectivity index (χ4n) is 1.71. The predicted molar refractivity (Wildman–Crippen MR) is 47.0 cm³/mol. The third-order valence-electron chi connectivity index (χ3n) is 3.14. The number of carbonyl (C=O) groups is 2. The summed E-state index contributed by atoms with van der Waals surface area (Å²) in [5.41, 5.74) is -2.98. The summed E-state index contributed by atoms with van der Waals surface area (Å²) in [4.78, 5) is 22.1. The summed E-state index contributed by atoms with van der Waals surface area (Å²) < 4.78 is 5.12. The Labute approximate surface area is 81.7 Å². The quantitative estimate of drug-likeness (QED) is 0.689. The lowest BCUT2D eigenvalue weighted by molar-refractivity contribution is -0.205. The summed E-state index contributed by atoms with van der Waals surface area (Å²) in [7, 11) is 0. The number of carboxylic acids is 2. The van der Waals surface area contributed by atoms with E-state index in [4.69, 9.17) is 14.9 Å². The van der Waals surface area contributed by atoms with Crippen LogP contribution in [0.15, 0.2) is 0 Å². The van der Waals surface area contributed by atoms with Crippen LogP contribution in [0.3, 0.4) is 0 Å². The van der Waals surface area contributed by atoms with Gasteiger partial charge < -0.3 is 14.9 Å². The summed E-state index contributed by atoms with van der Waals surface area (Å²) in [6.07, 6.45) is 0.900. The maximum Gasteiger partial charge on any atom is 0.336 e. The second-order valence-electron chi connectivity index (χ2n) is 3.93. The second kappa shape index (κ2) is 3.24. The number of aliphatic carboxylic acids is 2. The summed E-state index contributed by atoms with van der Waals surface area (Å²) in [5, 5.41) is 18.0. The minimum atomic E-state index is -1.63. The molecular formula is C9H14O5. The van der Waals surface area contributed by atoms with Crippen LogP contribution in [0.5, 0.6) is 0 Å². The number of hydrogen-bond donors (Lipinski definition) is 2. The Morgan fingerprint density at radius 1 is 1.21 bits per heavy atom. The molecule has 1 heterocycles. The van der Waals surface area contributed by atoms with Crippen molar-refractivity contribution in [1.82, 2.24) is 0 Å². The van der Waals surface area contributed by atoms with Gasteiger partial charge in [-0.05, 0) is 26.7 Å². The van der Waals surface area contributed by atoms with Crippen LogP contribution in [0, 0.1) is 5.41 Å². The molecule has 1 saturated heterocycles. The van der Waals surface area contributed by atoms with Crippen molar-refractivity contribution in [3.05, 3.63) is 0 Å². The zero-order valence-corrected chi connectivity index (χ0v) is 8.24. The number of ether oxygens (including phenoxy) is 1. The van der Waals surface area contributed by atoms with Crippen LogP contribution in [-0.4, -0.2) is 34.4 Å². The van der Waals surface area contributed by atoms with Crippen molar-refractivity contribution >= 4 is 11.9 Å². The first kappa shape index (κ1) is 11.0. The van der Waals surface area contributed by atoms with E-state index in [2.05, 4.69) is 0 Å². The zero-order valence-electron chi connectivity index (χ0n) is 8.24. The Hall–Kier alpha value is -1.10. The highest BCUT2D eigenvalue weighted by molar-refractivity contribution is 5.88. The molecule has 2 N–H and O–H groups in total. The molecule has 0 spiro atoms. The van der Waals surface area contributed by atoms with Gasteiger partial charge in [0.15, 0.2) is 5.60 Å². The molecule has 0 aromatic heterocycles. The average molecular weight is 202 g/mol. The molecule has 2 unspecified atom stereocenters. The van der Waals surface area contributed by atoms with Crippen molar-refractivity contribution in [1.29, 1.82) is 0 Å². The Bertz CT molecular complexity index is 246. The van der Waals surface area contributed by atoms with Crippen molar-refractivity contribution in [2.24, 2.45) is 5.41 Å². The van der Waals surface area contributed by atoms with Gasteiger partial charge in [-0.1, -0.05) is 0 Å². The van der Waals surface area contributed by atoms with Gasteiger partial charge in [-0.15, -0.1) is 0 Å². The van der Waals surface area contributed by atoms with Gasteiger partial charge in [0.25, 0.3) is 0 Å². The normalized spacial score (nSPS) is 37.9. The zero-order chi connectivity index (χ0) is 11.0. The molecule has 0 aromatic rings. The molecule has 14 heavy (non-hydrogen) atoms. The van der Waals surface area contributed by atoms with Crippen molar-refractivity contribution < 1.29 is 24.5 Å². The average Bonchev–Trinajstić information content (AvgIpc) is 2.09. The number of hydrogen-bond acceptors (Lipinski definition) is 3. The van der Waals surface area contributed by atoms with E-state index in [9.17, 15) is 9.59 Å². The third-order valence-corrected chi connectivity index (χ3v) is 3.14. The van der Waals surface area contributed by atoms with Crippen LogP contribution in [0.25, 0.3) is 0 Å². The number of rotatable bonds is 2. The first-order chi connectivity index (χ1) is 6.34. The van der Waals surface area contributed by atoms with Gasteiger partial charge in [0.1, 0.15) is 5.41 Å². The van der Waals surface area contributed by atoms with Crippen LogP contribution < -0.4 is 0 Å². The van der Waals surface area contributed by atoms with Gasteiger partial charge >= 0.3 is 11.9 Å². The lowest BCUT2D eigenvalue weighted by Gasteiger charge is -2.43. The Kier molecular flexibility index (Phi) is 2.54. The molecule has 0 bridgehead atoms. The molecule has 0 saturated carbocycles. The van der Waals surface area contributed by atoms with E-state index >= 15 is 0 Å². The van der Waals surface area contributed by atoms with Gasteiger partial charge in [0.2, 0.25) is 0 Å². The SMILES string of the molecule is CC1(C(=O)O)CCCOC1(C)C(=O)O. The van der Waals surface area contributed by atoms with Gasteiger partial charge in [-0.3, -0.25) is 4.79 Å². The number of carboxylic acid groups (broad SMARTS) is 2. The summed E-state index contributed by atoms with van der Waals surface area (Å²) in [6, 6.07) is 0. The van der Waals surface area contributed by atoms with E-state index < -0.39 is 23.0 Å². The smallest absolute Gasteiger partial charge is 0.336 e. The molecule has 1 aliphatic heterocycles. The van der Waals surface area contributed by atoms with Gasteiger partial charge in [0, 0.05) is 6.61 Å². The topological polar surface area (TPSA) is 83.8 Å². The van der Waals surface area contributed by atoms with E-state index in [1.165, 1.54) is 13.8 Å². The minimum Gasteiger partial charge on any atom is -0.481 e. The Balaban J connectivity index is 3.12. The fraction of sp³-hybridized carbons (Fsp3) is 0.778. The first-order valence-corrected chi connectivity index (χ1v) is 4.45. The van der Waals surface area contributed by atoms with Crippen LogP contribution in [0.4, 0.5) is 0 Å². The van der Waals surface area contributed by atoms with Crippen molar-refractivity contribution in [2.75, 3.05) is 6.61 Å². The van der Waals surface area contributed by atoms with Crippen LogP contribution in [-0.2, 0) is 14.3 Å². The molecule has 5 heteroatoms. The highest BCUT2D eigenvalue weighted by Crippen LogP contribution is 2.42. The van der Waals surface area contributed by atoms with Crippen molar-refractivity contribution in [3.63, 3.8) is 0 Å². The predicted octanol–water partition coefficient (Wildman–Crippen LogP) is 0.731. The summed E-state index contributed by atoms with van der Waals surface area (Å²) in [6.45, 7) is 3.04. The second-order valence-corrected chi connectivity index (χ2v) is 3.93. The van der Waals surface area contributed by atoms with Crippen molar-refractivity contribution in [3.8, 4) is 0 Å². The van der Waals surface area contributed by atoms with Crippen LogP contribution in [0.1, 0.15) is 26.7 Å². The lowest BCUT2D eigenvalue weighted by Crippen LogP contribution is -2.58. The standard InChI is InChI=1S/C9H14O5/c1-8(6(10)11)4-3-5-14-9(8,2)7(12)13/h3-5H2,1-2H3,(H,10,11)(H,12,13). The van der Waals surface area contributed by atoms with E-state index in [0.717, 1.165) is 0 Å².